The Morgan fingerprint density at radius 1 is 0.630 bits per heavy atom. The monoisotopic (exact) mass is 440 g/mol. The molecule has 0 spiro atoms. The van der Waals surface area contributed by atoms with E-state index in [1.807, 2.05) is 91.0 Å². The van der Waals surface area contributed by atoms with E-state index < -0.39 is 21.1 Å². The van der Waals surface area contributed by atoms with Crippen molar-refractivity contribution in [3.05, 3.63) is 91.0 Å². The van der Waals surface area contributed by atoms with Crippen LogP contribution < -0.4 is 15.6 Å². The Morgan fingerprint density at radius 3 is 1.04 bits per heavy atom. The van der Waals surface area contributed by atoms with Gasteiger partial charge >= 0.3 is 6.18 Å². The van der Waals surface area contributed by atoms with Crippen LogP contribution in [0.25, 0.3) is 0 Å². The van der Waals surface area contributed by atoms with E-state index in [0.29, 0.717) is 0 Å². The van der Waals surface area contributed by atoms with Crippen LogP contribution in [-0.4, -0.2) is 31.0 Å². The molecule has 0 amide bonds. The second-order valence-electron chi connectivity index (χ2n) is 5.58. The van der Waals surface area contributed by atoms with Crippen molar-refractivity contribution in [2.45, 2.75) is 6.18 Å². The second kappa shape index (κ2) is 10.5. The first-order valence-electron chi connectivity index (χ1n) is 7.94. The van der Waals surface area contributed by atoms with Crippen LogP contribution in [0.3, 0.4) is 0 Å². The molecule has 0 fully saturated rings. The fourth-order valence-electron chi connectivity index (χ4n) is 2.54. The van der Waals surface area contributed by atoms with Crippen molar-refractivity contribution < 1.29 is 42.6 Å². The van der Waals surface area contributed by atoms with E-state index in [1.165, 1.54) is 0 Å². The summed E-state index contributed by atoms with van der Waals surface area (Å²) in [5, 5.41) is 10.3. The number of alkyl halides is 3. The van der Waals surface area contributed by atoms with E-state index in [0.717, 1.165) is 15.6 Å². The normalized spacial score (nSPS) is 11.0. The summed E-state index contributed by atoms with van der Waals surface area (Å²) in [4.78, 5) is 11.6. The van der Waals surface area contributed by atoms with Crippen molar-refractivity contribution in [2.75, 3.05) is 6.61 Å². The number of hydrogen-bond donors (Lipinski definition) is 2. The molecular formula is C20H19F3O2SiZn. The standard InChI is InChI=1S/C18H16OSi.C2H3F3O.Zn/c19-20(16-10-4-1-5-11-16,17-12-6-2-7-13-17)18-14-8-3-9-15-18;3-2(4,5)1-6;/h1-15,19H;6H,1H2;. The predicted molar refractivity (Wildman–Crippen MR) is 99.3 cm³/mol. The number of halogens is 3. The SMILES string of the molecule is OCC(F)(F)F.O[Si](c1ccccc1)(c1ccccc1)c1ccccc1.[Zn]. The van der Waals surface area contributed by atoms with Crippen molar-refractivity contribution in [3.8, 4) is 0 Å². The summed E-state index contributed by atoms with van der Waals surface area (Å²) in [5.41, 5.74) is 0. The van der Waals surface area contributed by atoms with Gasteiger partial charge in [0.15, 0.2) is 0 Å². The molecule has 0 saturated carbocycles. The largest absolute Gasteiger partial charge is 0.421 e. The van der Waals surface area contributed by atoms with Crippen LogP contribution in [0.5, 0.6) is 0 Å². The smallest absolute Gasteiger partial charge is 0.411 e. The molecule has 0 bridgehead atoms. The van der Waals surface area contributed by atoms with Crippen LogP contribution in [0.2, 0.25) is 0 Å². The minimum atomic E-state index is -4.40. The summed E-state index contributed by atoms with van der Waals surface area (Å²) in [6, 6.07) is 30.0. The average Bonchev–Trinajstić information content (AvgIpc) is 2.69. The van der Waals surface area contributed by atoms with Gasteiger partial charge in [0.2, 0.25) is 0 Å². The average molecular weight is 442 g/mol. The third kappa shape index (κ3) is 6.40. The molecule has 0 heterocycles. The van der Waals surface area contributed by atoms with E-state index in [2.05, 4.69) is 0 Å². The molecule has 0 aliphatic carbocycles. The summed E-state index contributed by atoms with van der Waals surface area (Å²) in [5.74, 6) is 0. The minimum Gasteiger partial charge on any atom is -0.421 e. The zero-order chi connectivity index (χ0) is 19.0. The molecule has 0 aliphatic heterocycles. The van der Waals surface area contributed by atoms with Crippen LogP contribution in [-0.2, 0) is 19.5 Å². The van der Waals surface area contributed by atoms with Crippen molar-refractivity contribution in [1.29, 1.82) is 0 Å². The first kappa shape index (κ1) is 23.2. The van der Waals surface area contributed by atoms with Gasteiger partial charge in [-0.05, 0) is 15.6 Å². The van der Waals surface area contributed by atoms with Crippen molar-refractivity contribution in [3.63, 3.8) is 0 Å². The Bertz CT molecular complexity index is 688. The Hall–Kier alpha value is -1.79. The van der Waals surface area contributed by atoms with Gasteiger partial charge < -0.3 is 9.90 Å². The Kier molecular flexibility index (Phi) is 9.06. The molecule has 2 N–H and O–H groups in total. The van der Waals surface area contributed by atoms with Gasteiger partial charge in [0.25, 0.3) is 8.32 Å². The number of aliphatic hydroxyl groups excluding tert-OH is 1. The van der Waals surface area contributed by atoms with E-state index in [9.17, 15) is 18.0 Å². The summed E-state index contributed by atoms with van der Waals surface area (Å²) in [6.45, 7) is -1.73. The number of rotatable bonds is 3. The summed E-state index contributed by atoms with van der Waals surface area (Å²) in [6.07, 6.45) is -4.40. The fourth-order valence-corrected chi connectivity index (χ4v) is 5.56. The number of aliphatic hydroxyl groups is 1. The molecule has 0 unspecified atom stereocenters. The van der Waals surface area contributed by atoms with Gasteiger partial charge in [-0.1, -0.05) is 91.0 Å². The molecule has 138 valence electrons. The molecule has 7 heteroatoms. The van der Waals surface area contributed by atoms with E-state index in [1.54, 1.807) is 0 Å². The van der Waals surface area contributed by atoms with Crippen LogP contribution in [0, 0.1) is 0 Å². The maximum absolute atomic E-state index is 11.6. The Labute approximate surface area is 170 Å². The molecule has 2 nitrogen and oxygen atoms in total. The van der Waals surface area contributed by atoms with Gasteiger partial charge in [0.1, 0.15) is 6.61 Å². The van der Waals surface area contributed by atoms with Gasteiger partial charge in [-0.25, -0.2) is 0 Å². The van der Waals surface area contributed by atoms with Gasteiger partial charge in [-0.2, -0.15) is 13.2 Å². The van der Waals surface area contributed by atoms with E-state index in [-0.39, 0.29) is 19.5 Å². The van der Waals surface area contributed by atoms with Crippen LogP contribution in [0.15, 0.2) is 91.0 Å². The first-order chi connectivity index (χ1) is 12.4. The quantitative estimate of drug-likeness (QED) is 0.483. The van der Waals surface area contributed by atoms with Crippen LogP contribution in [0.1, 0.15) is 0 Å². The van der Waals surface area contributed by atoms with Crippen molar-refractivity contribution in [2.24, 2.45) is 0 Å². The van der Waals surface area contributed by atoms with Gasteiger partial charge in [-0.3, -0.25) is 0 Å². The molecule has 0 aromatic heterocycles. The zero-order valence-corrected chi connectivity index (χ0v) is 18.6. The summed E-state index contributed by atoms with van der Waals surface area (Å²) in [7, 11) is -2.88. The van der Waals surface area contributed by atoms with Gasteiger partial charge in [0, 0.05) is 19.5 Å². The summed E-state index contributed by atoms with van der Waals surface area (Å²) < 4.78 is 31.6. The second-order valence-corrected chi connectivity index (χ2v) is 8.73. The number of hydrogen-bond acceptors (Lipinski definition) is 2. The molecule has 3 rings (SSSR count). The van der Waals surface area contributed by atoms with Crippen LogP contribution >= 0.6 is 0 Å². The minimum absolute atomic E-state index is 0. The number of benzene rings is 3. The maximum atomic E-state index is 11.6. The predicted octanol–water partition coefficient (Wildman–Crippen LogP) is 2.18. The molecule has 0 atom stereocenters. The van der Waals surface area contributed by atoms with Crippen molar-refractivity contribution >= 4 is 23.9 Å². The zero-order valence-electron chi connectivity index (χ0n) is 14.6. The maximum Gasteiger partial charge on any atom is 0.411 e. The molecule has 0 radical (unpaired) electrons. The van der Waals surface area contributed by atoms with Gasteiger partial charge in [0.05, 0.1) is 0 Å². The van der Waals surface area contributed by atoms with Gasteiger partial charge in [-0.15, -0.1) is 0 Å². The molecule has 3 aromatic carbocycles. The van der Waals surface area contributed by atoms with E-state index >= 15 is 0 Å². The van der Waals surface area contributed by atoms with Crippen molar-refractivity contribution in [1.82, 2.24) is 0 Å². The topological polar surface area (TPSA) is 40.5 Å². The molecule has 0 saturated heterocycles. The fraction of sp³-hybridized carbons (Fsp3) is 0.100. The molecular weight excluding hydrogens is 423 g/mol. The Balaban J connectivity index is 0.000000456. The third-order valence-electron chi connectivity index (χ3n) is 3.75. The Morgan fingerprint density at radius 2 is 0.852 bits per heavy atom. The first-order valence-corrected chi connectivity index (χ1v) is 9.89. The molecule has 3 aromatic rings. The summed E-state index contributed by atoms with van der Waals surface area (Å²) >= 11 is 0. The third-order valence-corrected chi connectivity index (χ3v) is 7.26. The molecule has 27 heavy (non-hydrogen) atoms. The van der Waals surface area contributed by atoms with E-state index in [4.69, 9.17) is 5.11 Å². The molecule has 0 aliphatic rings. The van der Waals surface area contributed by atoms with Crippen LogP contribution in [0.4, 0.5) is 13.2 Å².